The molecule has 35 heavy (non-hydrogen) atoms. The molecule has 9 heteroatoms. The number of halogens is 3. The van der Waals surface area contributed by atoms with Crippen LogP contribution in [0.2, 0.25) is 0 Å². The van der Waals surface area contributed by atoms with Crippen molar-refractivity contribution in [1.29, 1.82) is 0 Å². The number of rotatable bonds is 1. The number of nitrogens with zero attached hydrogens (tertiary/aromatic N) is 1. The zero-order valence-electron chi connectivity index (χ0n) is 21.6. The third-order valence-corrected chi connectivity index (χ3v) is 9.67. The van der Waals surface area contributed by atoms with Gasteiger partial charge in [0.2, 0.25) is 11.7 Å². The van der Waals surface area contributed by atoms with Crippen LogP contribution in [0.4, 0.5) is 0 Å². The van der Waals surface area contributed by atoms with Crippen molar-refractivity contribution in [3.8, 4) is 0 Å². The van der Waals surface area contributed by atoms with Crippen LogP contribution in [0.15, 0.2) is 12.2 Å². The van der Waals surface area contributed by atoms with Crippen LogP contribution >= 0.6 is 34.8 Å². The Bertz CT molecular complexity index is 922. The van der Waals surface area contributed by atoms with E-state index < -0.39 is 38.5 Å². The number of amides is 1. The first-order valence-corrected chi connectivity index (χ1v) is 13.9. The minimum Gasteiger partial charge on any atom is -0.361 e. The highest BCUT2D eigenvalue weighted by molar-refractivity contribution is 6.63. The maximum Gasteiger partial charge on any atom is 0.242 e. The van der Waals surface area contributed by atoms with Crippen molar-refractivity contribution in [1.82, 2.24) is 4.90 Å². The van der Waals surface area contributed by atoms with Crippen LogP contribution in [0.25, 0.3) is 0 Å². The van der Waals surface area contributed by atoms with Gasteiger partial charge in [-0.1, -0.05) is 81.1 Å². The molecule has 4 fully saturated rings. The minimum absolute atomic E-state index is 0.106. The van der Waals surface area contributed by atoms with Gasteiger partial charge >= 0.3 is 0 Å². The summed E-state index contributed by atoms with van der Waals surface area (Å²) in [5.74, 6) is -2.10. The van der Waals surface area contributed by atoms with Gasteiger partial charge in [-0.25, -0.2) is 4.89 Å². The summed E-state index contributed by atoms with van der Waals surface area (Å²) in [4.78, 5) is 41.9. The van der Waals surface area contributed by atoms with Crippen molar-refractivity contribution in [2.24, 2.45) is 46.3 Å². The highest BCUT2D eigenvalue weighted by Gasteiger charge is 2.88. The number of carbonyl (C=O) groups excluding carboxylic acids is 2. The fraction of sp³-hybridized carbons (Fsp3) is 0.846. The second-order valence-corrected chi connectivity index (χ2v) is 14.3. The van der Waals surface area contributed by atoms with Crippen molar-refractivity contribution < 1.29 is 24.5 Å². The van der Waals surface area contributed by atoms with Crippen molar-refractivity contribution in [3.63, 3.8) is 0 Å². The Hall–Kier alpha value is -0.370. The van der Waals surface area contributed by atoms with Gasteiger partial charge in [-0.3, -0.25) is 9.59 Å². The van der Waals surface area contributed by atoms with Crippen LogP contribution in [-0.4, -0.2) is 50.5 Å². The summed E-state index contributed by atoms with van der Waals surface area (Å²) < 4.78 is -0.750. The molecule has 1 spiro atoms. The number of likely N-dealkylation sites (N-methyl/N-ethyl adjacent to an activating group) is 1. The number of Topliss-reactive ketones (excluding diaryl/α,β-unsaturated/α-hetero) is 1. The molecule has 0 bridgehead atoms. The van der Waals surface area contributed by atoms with Crippen molar-refractivity contribution in [3.05, 3.63) is 12.2 Å². The van der Waals surface area contributed by atoms with Gasteiger partial charge in [0.15, 0.2) is 15.5 Å². The van der Waals surface area contributed by atoms with E-state index in [-0.39, 0.29) is 29.4 Å². The number of carbonyl (C=O) groups is 2. The van der Waals surface area contributed by atoms with Gasteiger partial charge in [-0.15, -0.1) is 0 Å². The molecule has 9 atom stereocenters. The van der Waals surface area contributed by atoms with E-state index in [1.54, 1.807) is 11.9 Å². The number of likely N-dealkylation sites (tertiary alicyclic amines) is 1. The van der Waals surface area contributed by atoms with Crippen molar-refractivity contribution >= 4 is 46.5 Å². The van der Waals surface area contributed by atoms with Crippen molar-refractivity contribution in [2.75, 3.05) is 7.05 Å². The monoisotopic (exact) mass is 549 g/mol. The molecular weight excluding hydrogens is 513 g/mol. The molecule has 0 aromatic rings. The summed E-state index contributed by atoms with van der Waals surface area (Å²) in [5, 5.41) is 12.1. The zero-order valence-corrected chi connectivity index (χ0v) is 23.8. The maximum atomic E-state index is 14.7. The fourth-order valence-electron chi connectivity index (χ4n) is 8.56. The van der Waals surface area contributed by atoms with Gasteiger partial charge in [-0.2, -0.15) is 4.89 Å². The molecule has 5 rings (SSSR count). The van der Waals surface area contributed by atoms with Gasteiger partial charge in [0.25, 0.3) is 0 Å². The van der Waals surface area contributed by atoms with Gasteiger partial charge in [0.1, 0.15) is 5.60 Å². The lowest BCUT2D eigenvalue weighted by Gasteiger charge is -2.52. The Morgan fingerprint density at radius 2 is 1.69 bits per heavy atom. The zero-order chi connectivity index (χ0) is 26.3. The summed E-state index contributed by atoms with van der Waals surface area (Å²) in [6.07, 6.45) is 7.58. The molecule has 2 saturated heterocycles. The van der Waals surface area contributed by atoms with E-state index in [2.05, 4.69) is 26.0 Å². The average molecular weight is 551 g/mol. The Labute approximate surface area is 223 Å². The molecule has 2 aliphatic heterocycles. The second kappa shape index (κ2) is 8.84. The van der Waals surface area contributed by atoms with E-state index in [1.807, 2.05) is 27.7 Å². The van der Waals surface area contributed by atoms with Crippen LogP contribution in [0.5, 0.6) is 0 Å². The van der Waals surface area contributed by atoms with Gasteiger partial charge in [0, 0.05) is 18.4 Å². The quantitative estimate of drug-likeness (QED) is 0.207. The molecular formula is C26H38Cl3NO5. The third kappa shape index (κ3) is 3.53. The summed E-state index contributed by atoms with van der Waals surface area (Å²) in [6, 6.07) is -0.655. The van der Waals surface area contributed by atoms with Crippen molar-refractivity contribution in [2.45, 2.75) is 82.5 Å². The van der Waals surface area contributed by atoms with Crippen LogP contribution in [-0.2, 0) is 19.4 Å². The topological polar surface area (TPSA) is 76.1 Å². The summed E-state index contributed by atoms with van der Waals surface area (Å²) in [5.41, 5.74) is -3.28. The van der Waals surface area contributed by atoms with Gasteiger partial charge in [-0.05, 0) is 56.3 Å². The number of ketones is 1. The smallest absolute Gasteiger partial charge is 0.242 e. The van der Waals surface area contributed by atoms with Crippen LogP contribution in [0.1, 0.15) is 60.8 Å². The largest absolute Gasteiger partial charge is 0.361 e. The first-order valence-electron chi connectivity index (χ1n) is 12.6. The molecule has 1 N–H and O–H groups in total. The van der Waals surface area contributed by atoms with Gasteiger partial charge in [0.05, 0.1) is 6.04 Å². The molecule has 2 saturated carbocycles. The molecule has 0 aromatic carbocycles. The first kappa shape index (κ1) is 27.7. The predicted molar refractivity (Wildman–Crippen MR) is 136 cm³/mol. The van der Waals surface area contributed by atoms with E-state index >= 15 is 0 Å². The maximum absolute atomic E-state index is 14.7. The Morgan fingerprint density at radius 3 is 2.26 bits per heavy atom. The van der Waals surface area contributed by atoms with E-state index in [0.717, 1.165) is 19.3 Å². The standard InChI is InChI=1S/C25H37NO5.CHCl3/c1-13(2)19-25(29)24(21(28)26(19)7)18(22(4,5)30-31-25)17-11-9-15-12-14(3)8-10-16(15)23(17,6)20(24)27;2-1(3)4/h9,11,13-19,29H,8,10,12H2,1-7H3;1H/t14-,15-,16-,17+,18-,19+,23+,24+,25+;/m1./s1. The number of alkyl halides is 3. The van der Waals surface area contributed by atoms with E-state index in [0.29, 0.717) is 11.8 Å². The van der Waals surface area contributed by atoms with E-state index in [1.165, 1.54) is 0 Å². The fourth-order valence-corrected chi connectivity index (χ4v) is 8.56. The highest BCUT2D eigenvalue weighted by Crippen LogP contribution is 2.73. The molecule has 1 amide bonds. The van der Waals surface area contributed by atoms with Crippen LogP contribution in [0.3, 0.4) is 0 Å². The molecule has 5 aliphatic rings. The Kier molecular flexibility index (Phi) is 6.99. The second-order valence-electron chi connectivity index (χ2n) is 12.3. The van der Waals surface area contributed by atoms with Crippen LogP contribution < -0.4 is 0 Å². The molecule has 0 aromatic heterocycles. The Balaban J connectivity index is 0.000000672. The molecule has 0 radical (unpaired) electrons. The molecule has 2 heterocycles. The van der Waals surface area contributed by atoms with Gasteiger partial charge < -0.3 is 10.0 Å². The Morgan fingerprint density at radius 1 is 1.09 bits per heavy atom. The lowest BCUT2D eigenvalue weighted by atomic mass is 9.54. The lowest BCUT2D eigenvalue weighted by Crippen LogP contribution is -2.69. The SMILES string of the molecule is CC(C)[C@@H]1N(C)C(=O)[C@@]23C(=O)[C@@]4(C)[C@@H]5CC[C@@H](C)C[C@H]5C=C[C@H]4[C@@H]2C(C)(C)OO[C@@]13O.ClC(Cl)Cl. The molecule has 198 valence electrons. The predicted octanol–water partition coefficient (Wildman–Crippen LogP) is 5.33. The first-order chi connectivity index (χ1) is 16.1. The van der Waals surface area contributed by atoms with E-state index in [9.17, 15) is 14.7 Å². The number of allylic oxidation sites excluding steroid dienone is 2. The summed E-state index contributed by atoms with van der Waals surface area (Å²) >= 11 is 14.4. The average Bonchev–Trinajstić information content (AvgIpc) is 3.07. The minimum atomic E-state index is -2.00. The number of fused-ring (bicyclic) bond motifs is 4. The lowest BCUT2D eigenvalue weighted by molar-refractivity contribution is -0.515. The summed E-state index contributed by atoms with van der Waals surface area (Å²) in [6.45, 7) is 12.0. The molecule has 0 unspecified atom stereocenters. The molecule has 3 aliphatic carbocycles. The number of hydrogen-bond acceptors (Lipinski definition) is 5. The van der Waals surface area contributed by atoms with E-state index in [4.69, 9.17) is 44.6 Å². The third-order valence-electron chi connectivity index (χ3n) is 9.67. The van der Waals surface area contributed by atoms with Crippen LogP contribution in [0, 0.1) is 46.3 Å². The normalized spacial score (nSPS) is 47.7. The number of hydrogen-bond donors (Lipinski definition) is 1. The highest BCUT2D eigenvalue weighted by atomic mass is 35.6. The molecule has 6 nitrogen and oxygen atoms in total. The summed E-state index contributed by atoms with van der Waals surface area (Å²) in [7, 11) is 1.68. The number of aliphatic hydroxyl groups is 1.